The molecule has 118 valence electrons. The van der Waals surface area contributed by atoms with Gasteiger partial charge in [0.2, 0.25) is 0 Å². The number of aromatic nitrogens is 1. The van der Waals surface area contributed by atoms with Crippen molar-refractivity contribution in [2.75, 3.05) is 6.54 Å². The van der Waals surface area contributed by atoms with Gasteiger partial charge in [-0.3, -0.25) is 4.98 Å². The number of hydrogen-bond donors (Lipinski definition) is 1. The molecule has 0 spiro atoms. The number of nitrogens with one attached hydrogen (secondary N) is 1. The highest BCUT2D eigenvalue weighted by Gasteiger charge is 2.29. The SMILES string of the molecule is CCCNC1CCC(CCC)CC1Cc1cncc(Br)c1. The van der Waals surface area contributed by atoms with Crippen LogP contribution in [0.25, 0.3) is 0 Å². The Labute approximate surface area is 138 Å². The van der Waals surface area contributed by atoms with Gasteiger partial charge in [0.05, 0.1) is 0 Å². The molecular formula is C18H29BrN2. The monoisotopic (exact) mass is 352 g/mol. The van der Waals surface area contributed by atoms with Crippen molar-refractivity contribution in [2.45, 2.75) is 64.8 Å². The van der Waals surface area contributed by atoms with Crippen LogP contribution in [0.2, 0.25) is 0 Å². The molecule has 1 aromatic heterocycles. The Morgan fingerprint density at radius 2 is 2.10 bits per heavy atom. The summed E-state index contributed by atoms with van der Waals surface area (Å²) >= 11 is 3.54. The molecule has 1 aromatic rings. The molecule has 3 unspecified atom stereocenters. The summed E-state index contributed by atoms with van der Waals surface area (Å²) in [5, 5.41) is 3.79. The van der Waals surface area contributed by atoms with Gasteiger partial charge in [-0.1, -0.05) is 26.7 Å². The number of halogens is 1. The molecule has 0 radical (unpaired) electrons. The van der Waals surface area contributed by atoms with Crippen LogP contribution in [-0.2, 0) is 6.42 Å². The van der Waals surface area contributed by atoms with Crippen molar-refractivity contribution >= 4 is 15.9 Å². The van der Waals surface area contributed by atoms with Crippen molar-refractivity contribution in [1.82, 2.24) is 10.3 Å². The molecule has 3 heteroatoms. The molecule has 0 aromatic carbocycles. The summed E-state index contributed by atoms with van der Waals surface area (Å²) in [6.07, 6.45) is 13.1. The van der Waals surface area contributed by atoms with Gasteiger partial charge in [-0.25, -0.2) is 0 Å². The summed E-state index contributed by atoms with van der Waals surface area (Å²) in [7, 11) is 0. The quantitative estimate of drug-likeness (QED) is 0.748. The molecule has 1 aliphatic carbocycles. The smallest absolute Gasteiger partial charge is 0.0410 e. The number of hydrogen-bond acceptors (Lipinski definition) is 2. The fraction of sp³-hybridized carbons (Fsp3) is 0.722. The van der Waals surface area contributed by atoms with E-state index >= 15 is 0 Å². The third-order valence-corrected chi connectivity index (χ3v) is 5.14. The van der Waals surface area contributed by atoms with E-state index in [0.717, 1.165) is 29.3 Å². The van der Waals surface area contributed by atoms with Crippen molar-refractivity contribution in [3.63, 3.8) is 0 Å². The number of pyridine rings is 1. The van der Waals surface area contributed by atoms with E-state index in [2.05, 4.69) is 46.1 Å². The van der Waals surface area contributed by atoms with Crippen molar-refractivity contribution in [3.05, 3.63) is 28.5 Å². The highest BCUT2D eigenvalue weighted by Crippen LogP contribution is 2.34. The van der Waals surface area contributed by atoms with Crippen LogP contribution >= 0.6 is 15.9 Å². The Balaban J connectivity index is 2.01. The predicted octanol–water partition coefficient (Wildman–Crippen LogP) is 4.97. The summed E-state index contributed by atoms with van der Waals surface area (Å²) in [4.78, 5) is 4.32. The van der Waals surface area contributed by atoms with Gasteiger partial charge in [0.25, 0.3) is 0 Å². The van der Waals surface area contributed by atoms with Crippen molar-refractivity contribution in [1.29, 1.82) is 0 Å². The van der Waals surface area contributed by atoms with Crippen LogP contribution in [-0.4, -0.2) is 17.6 Å². The van der Waals surface area contributed by atoms with E-state index in [4.69, 9.17) is 0 Å². The predicted molar refractivity (Wildman–Crippen MR) is 93.5 cm³/mol. The van der Waals surface area contributed by atoms with Crippen LogP contribution in [0.15, 0.2) is 22.9 Å². The minimum absolute atomic E-state index is 0.692. The highest BCUT2D eigenvalue weighted by atomic mass is 79.9. The van der Waals surface area contributed by atoms with Gasteiger partial charge < -0.3 is 5.32 Å². The number of nitrogens with zero attached hydrogens (tertiary/aromatic N) is 1. The molecule has 0 aliphatic heterocycles. The molecule has 0 amide bonds. The van der Waals surface area contributed by atoms with E-state index in [0.29, 0.717) is 6.04 Å². The van der Waals surface area contributed by atoms with Gasteiger partial charge in [-0.2, -0.15) is 0 Å². The maximum atomic E-state index is 4.32. The molecule has 2 rings (SSSR count). The molecule has 21 heavy (non-hydrogen) atoms. The zero-order chi connectivity index (χ0) is 15.1. The Bertz CT molecular complexity index is 421. The van der Waals surface area contributed by atoms with E-state index in [1.807, 2.05) is 12.4 Å². The third kappa shape index (κ3) is 5.37. The van der Waals surface area contributed by atoms with E-state index in [9.17, 15) is 0 Å². The van der Waals surface area contributed by atoms with Crippen LogP contribution in [0.5, 0.6) is 0 Å². The van der Waals surface area contributed by atoms with Crippen molar-refractivity contribution in [2.24, 2.45) is 11.8 Å². The lowest BCUT2D eigenvalue weighted by Gasteiger charge is -2.37. The minimum Gasteiger partial charge on any atom is -0.314 e. The van der Waals surface area contributed by atoms with Crippen LogP contribution < -0.4 is 5.32 Å². The summed E-state index contributed by atoms with van der Waals surface area (Å²) < 4.78 is 1.10. The van der Waals surface area contributed by atoms with Crippen LogP contribution in [0.3, 0.4) is 0 Å². The summed E-state index contributed by atoms with van der Waals surface area (Å²) in [5.41, 5.74) is 1.37. The van der Waals surface area contributed by atoms with E-state index < -0.39 is 0 Å². The van der Waals surface area contributed by atoms with E-state index in [1.54, 1.807) is 0 Å². The largest absolute Gasteiger partial charge is 0.314 e. The zero-order valence-electron chi connectivity index (χ0n) is 13.4. The fourth-order valence-electron chi connectivity index (χ4n) is 3.73. The van der Waals surface area contributed by atoms with Crippen molar-refractivity contribution < 1.29 is 0 Å². The molecule has 1 heterocycles. The van der Waals surface area contributed by atoms with Gasteiger partial charge in [0, 0.05) is 22.9 Å². The molecular weight excluding hydrogens is 324 g/mol. The van der Waals surface area contributed by atoms with Crippen LogP contribution in [0, 0.1) is 11.8 Å². The second-order valence-electron chi connectivity index (χ2n) is 6.50. The fourth-order valence-corrected chi connectivity index (χ4v) is 4.14. The average molecular weight is 353 g/mol. The van der Waals surface area contributed by atoms with Gasteiger partial charge in [-0.05, 0) is 78.0 Å². The molecule has 1 saturated carbocycles. The number of rotatable bonds is 7. The molecule has 2 nitrogen and oxygen atoms in total. The molecule has 3 atom stereocenters. The first-order chi connectivity index (χ1) is 10.2. The molecule has 1 fully saturated rings. The van der Waals surface area contributed by atoms with Crippen LogP contribution in [0.4, 0.5) is 0 Å². The van der Waals surface area contributed by atoms with Crippen LogP contribution in [0.1, 0.15) is 57.9 Å². The molecule has 0 saturated heterocycles. The summed E-state index contributed by atoms with van der Waals surface area (Å²) in [6.45, 7) is 5.72. The average Bonchev–Trinajstić information content (AvgIpc) is 2.47. The lowest BCUT2D eigenvalue weighted by Crippen LogP contribution is -2.42. The van der Waals surface area contributed by atoms with Gasteiger partial charge in [-0.15, -0.1) is 0 Å². The maximum absolute atomic E-state index is 4.32. The van der Waals surface area contributed by atoms with Crippen molar-refractivity contribution in [3.8, 4) is 0 Å². The summed E-state index contributed by atoms with van der Waals surface area (Å²) in [6, 6.07) is 2.92. The first kappa shape index (κ1) is 17.0. The second-order valence-corrected chi connectivity index (χ2v) is 7.42. The lowest BCUT2D eigenvalue weighted by molar-refractivity contribution is 0.193. The zero-order valence-corrected chi connectivity index (χ0v) is 15.0. The Morgan fingerprint density at radius 1 is 1.24 bits per heavy atom. The third-order valence-electron chi connectivity index (χ3n) is 4.70. The summed E-state index contributed by atoms with van der Waals surface area (Å²) in [5.74, 6) is 1.69. The second kappa shape index (κ2) is 8.89. The first-order valence-electron chi connectivity index (χ1n) is 8.55. The maximum Gasteiger partial charge on any atom is 0.0410 e. The normalized spacial score (nSPS) is 26.0. The molecule has 0 bridgehead atoms. The lowest BCUT2D eigenvalue weighted by atomic mass is 9.74. The van der Waals surface area contributed by atoms with Gasteiger partial charge in [0.1, 0.15) is 0 Å². The Hall–Kier alpha value is -0.410. The first-order valence-corrected chi connectivity index (χ1v) is 9.35. The van der Waals surface area contributed by atoms with E-state index in [-0.39, 0.29) is 0 Å². The van der Waals surface area contributed by atoms with Gasteiger partial charge in [0.15, 0.2) is 0 Å². The molecule has 1 N–H and O–H groups in total. The Morgan fingerprint density at radius 3 is 2.81 bits per heavy atom. The highest BCUT2D eigenvalue weighted by molar-refractivity contribution is 9.10. The van der Waals surface area contributed by atoms with E-state index in [1.165, 1.54) is 44.1 Å². The Kier molecular flexibility index (Phi) is 7.18. The minimum atomic E-state index is 0.692. The van der Waals surface area contributed by atoms with Gasteiger partial charge >= 0.3 is 0 Å². The molecule has 1 aliphatic rings. The topological polar surface area (TPSA) is 24.9 Å². The standard InChI is InChI=1S/C18H29BrN2/c1-3-5-14-6-7-18(21-8-4-2)16(9-14)10-15-11-17(19)13-20-12-15/h11-14,16,18,21H,3-10H2,1-2H3.